The van der Waals surface area contributed by atoms with Gasteiger partial charge in [0.25, 0.3) is 0 Å². The average molecular weight is 241 g/mol. The van der Waals surface area contributed by atoms with E-state index in [0.717, 1.165) is 12.1 Å². The fourth-order valence-corrected chi connectivity index (χ4v) is 2.44. The molecule has 2 N–H and O–H groups in total. The zero-order valence-electron chi connectivity index (χ0n) is 8.63. The van der Waals surface area contributed by atoms with E-state index in [1.807, 2.05) is 0 Å². The Morgan fingerprint density at radius 2 is 1.07 bits per heavy atom. The lowest BCUT2D eigenvalue weighted by Crippen LogP contribution is -2.51. The van der Waals surface area contributed by atoms with Gasteiger partial charge in [-0.15, -0.1) is 24.8 Å². The third-order valence-corrected chi connectivity index (χ3v) is 3.18. The molecule has 0 amide bonds. The number of piperidine rings is 2. The quantitative estimate of drug-likeness (QED) is 0.734. The van der Waals surface area contributed by atoms with Crippen molar-refractivity contribution in [3.05, 3.63) is 0 Å². The summed E-state index contributed by atoms with van der Waals surface area (Å²) in [4.78, 5) is 0. The molecule has 2 nitrogen and oxygen atoms in total. The topological polar surface area (TPSA) is 24.1 Å². The summed E-state index contributed by atoms with van der Waals surface area (Å²) in [6, 6.07) is 1.55. The zero-order valence-corrected chi connectivity index (χ0v) is 10.3. The molecular formula is C10H22Cl2N2. The Bertz CT molecular complexity index is 116. The van der Waals surface area contributed by atoms with E-state index >= 15 is 0 Å². The van der Waals surface area contributed by atoms with Crippen LogP contribution in [-0.2, 0) is 0 Å². The molecule has 86 valence electrons. The maximum absolute atomic E-state index is 3.63. The Morgan fingerprint density at radius 1 is 0.643 bits per heavy atom. The van der Waals surface area contributed by atoms with Gasteiger partial charge in [0.05, 0.1) is 0 Å². The van der Waals surface area contributed by atoms with Crippen molar-refractivity contribution in [2.45, 2.75) is 50.6 Å². The van der Waals surface area contributed by atoms with E-state index < -0.39 is 0 Å². The third kappa shape index (κ3) is 3.93. The summed E-state index contributed by atoms with van der Waals surface area (Å²) in [5, 5.41) is 7.25. The second kappa shape index (κ2) is 7.75. The molecule has 14 heavy (non-hydrogen) atoms. The molecule has 0 spiro atoms. The van der Waals surface area contributed by atoms with Crippen LogP contribution in [0.15, 0.2) is 0 Å². The molecule has 0 aromatic carbocycles. The fourth-order valence-electron chi connectivity index (χ4n) is 2.44. The van der Waals surface area contributed by atoms with Crippen LogP contribution in [0.25, 0.3) is 0 Å². The molecule has 2 unspecified atom stereocenters. The van der Waals surface area contributed by atoms with Gasteiger partial charge in [0, 0.05) is 12.1 Å². The molecule has 2 atom stereocenters. The first-order valence-electron chi connectivity index (χ1n) is 5.43. The first-order chi connectivity index (χ1) is 5.97. The van der Waals surface area contributed by atoms with Crippen molar-refractivity contribution < 1.29 is 0 Å². The van der Waals surface area contributed by atoms with Gasteiger partial charge in [-0.2, -0.15) is 0 Å². The van der Waals surface area contributed by atoms with Crippen LogP contribution in [0.3, 0.4) is 0 Å². The smallest absolute Gasteiger partial charge is 0.0221 e. The molecule has 2 aliphatic rings. The third-order valence-electron chi connectivity index (χ3n) is 3.18. The summed E-state index contributed by atoms with van der Waals surface area (Å²) in [5.74, 6) is 0. The van der Waals surface area contributed by atoms with Crippen molar-refractivity contribution >= 4 is 24.8 Å². The van der Waals surface area contributed by atoms with E-state index in [0.29, 0.717) is 0 Å². The first-order valence-corrected chi connectivity index (χ1v) is 5.43. The highest BCUT2D eigenvalue weighted by Crippen LogP contribution is 2.16. The van der Waals surface area contributed by atoms with Crippen LogP contribution in [0.1, 0.15) is 38.5 Å². The van der Waals surface area contributed by atoms with Crippen molar-refractivity contribution in [1.29, 1.82) is 0 Å². The van der Waals surface area contributed by atoms with Crippen molar-refractivity contribution in [2.24, 2.45) is 0 Å². The fraction of sp³-hybridized carbons (Fsp3) is 1.00. The summed E-state index contributed by atoms with van der Waals surface area (Å²) < 4.78 is 0. The van der Waals surface area contributed by atoms with E-state index in [-0.39, 0.29) is 24.8 Å². The van der Waals surface area contributed by atoms with Crippen LogP contribution < -0.4 is 10.6 Å². The molecule has 4 heteroatoms. The molecule has 0 aliphatic carbocycles. The molecule has 0 radical (unpaired) electrons. The van der Waals surface area contributed by atoms with Crippen molar-refractivity contribution in [3.63, 3.8) is 0 Å². The minimum atomic E-state index is 0. The van der Waals surface area contributed by atoms with Crippen molar-refractivity contribution in [1.82, 2.24) is 10.6 Å². The molecule has 2 saturated heterocycles. The molecule has 0 aromatic rings. The molecule has 2 heterocycles. The second-order valence-corrected chi connectivity index (χ2v) is 4.11. The summed E-state index contributed by atoms with van der Waals surface area (Å²) in [6.45, 7) is 2.48. The number of hydrogen-bond donors (Lipinski definition) is 2. The van der Waals surface area contributed by atoms with Crippen LogP contribution in [0.2, 0.25) is 0 Å². The molecule has 2 rings (SSSR count). The SMILES string of the molecule is C1CCC(C2CCCCN2)NC1.Cl.Cl. The lowest BCUT2D eigenvalue weighted by molar-refractivity contribution is 0.272. The average Bonchev–Trinajstić information content (AvgIpc) is 2.21. The van der Waals surface area contributed by atoms with Gasteiger partial charge in [-0.05, 0) is 38.8 Å². The monoisotopic (exact) mass is 240 g/mol. The van der Waals surface area contributed by atoms with Gasteiger partial charge < -0.3 is 10.6 Å². The van der Waals surface area contributed by atoms with Crippen molar-refractivity contribution in [2.75, 3.05) is 13.1 Å². The van der Waals surface area contributed by atoms with Crippen LogP contribution in [0, 0.1) is 0 Å². The summed E-state index contributed by atoms with van der Waals surface area (Å²) >= 11 is 0. The number of rotatable bonds is 1. The first kappa shape index (κ1) is 14.5. The summed E-state index contributed by atoms with van der Waals surface area (Å²) in [5.41, 5.74) is 0. The van der Waals surface area contributed by atoms with Crippen LogP contribution in [-0.4, -0.2) is 25.2 Å². The number of nitrogens with one attached hydrogen (secondary N) is 2. The number of hydrogen-bond acceptors (Lipinski definition) is 2. The Morgan fingerprint density at radius 3 is 1.36 bits per heavy atom. The molecule has 2 fully saturated rings. The van der Waals surface area contributed by atoms with Gasteiger partial charge >= 0.3 is 0 Å². The lowest BCUT2D eigenvalue weighted by Gasteiger charge is -2.34. The second-order valence-electron chi connectivity index (χ2n) is 4.11. The molecule has 0 saturated carbocycles. The predicted molar refractivity (Wildman–Crippen MR) is 65.8 cm³/mol. The highest BCUT2D eigenvalue weighted by Gasteiger charge is 2.23. The minimum Gasteiger partial charge on any atom is -0.312 e. The van der Waals surface area contributed by atoms with Crippen LogP contribution >= 0.6 is 24.8 Å². The van der Waals surface area contributed by atoms with Crippen LogP contribution in [0.4, 0.5) is 0 Å². The van der Waals surface area contributed by atoms with E-state index in [1.54, 1.807) is 0 Å². The van der Waals surface area contributed by atoms with Crippen molar-refractivity contribution in [3.8, 4) is 0 Å². The predicted octanol–water partition coefficient (Wildman–Crippen LogP) is 2.11. The Kier molecular flexibility index (Phi) is 8.02. The maximum Gasteiger partial charge on any atom is 0.0221 e. The van der Waals surface area contributed by atoms with Gasteiger partial charge in [0.1, 0.15) is 0 Å². The van der Waals surface area contributed by atoms with Crippen LogP contribution in [0.5, 0.6) is 0 Å². The number of halogens is 2. The molecule has 2 aliphatic heterocycles. The Hall–Kier alpha value is 0.500. The molecule has 0 bridgehead atoms. The highest BCUT2D eigenvalue weighted by atomic mass is 35.5. The zero-order chi connectivity index (χ0) is 8.23. The lowest BCUT2D eigenvalue weighted by atomic mass is 9.92. The maximum atomic E-state index is 3.63. The standard InChI is InChI=1S/C10H20N2.2ClH/c1-3-7-11-9(5-1)10-6-2-4-8-12-10;;/h9-12H,1-8H2;2*1H. The Labute approximate surface area is 99.4 Å². The van der Waals surface area contributed by atoms with Gasteiger partial charge in [0.15, 0.2) is 0 Å². The van der Waals surface area contributed by atoms with Gasteiger partial charge in [-0.3, -0.25) is 0 Å². The van der Waals surface area contributed by atoms with Gasteiger partial charge in [-0.25, -0.2) is 0 Å². The van der Waals surface area contributed by atoms with Gasteiger partial charge in [-0.1, -0.05) is 12.8 Å². The minimum absolute atomic E-state index is 0. The largest absolute Gasteiger partial charge is 0.312 e. The molecular weight excluding hydrogens is 219 g/mol. The van der Waals surface area contributed by atoms with E-state index in [1.165, 1.54) is 51.6 Å². The highest BCUT2D eigenvalue weighted by molar-refractivity contribution is 5.85. The van der Waals surface area contributed by atoms with E-state index in [2.05, 4.69) is 10.6 Å². The Balaban J connectivity index is 0.000000845. The van der Waals surface area contributed by atoms with E-state index in [9.17, 15) is 0 Å². The van der Waals surface area contributed by atoms with Gasteiger partial charge in [0.2, 0.25) is 0 Å². The van der Waals surface area contributed by atoms with E-state index in [4.69, 9.17) is 0 Å². The summed E-state index contributed by atoms with van der Waals surface area (Å²) in [7, 11) is 0. The summed E-state index contributed by atoms with van der Waals surface area (Å²) in [6.07, 6.45) is 8.38. The normalized spacial score (nSPS) is 32.6. The molecule has 0 aromatic heterocycles.